The minimum Gasteiger partial charge on any atom is -0.267 e. The van der Waals surface area contributed by atoms with Crippen molar-refractivity contribution in [3.8, 4) is 0 Å². The van der Waals surface area contributed by atoms with Crippen molar-refractivity contribution in [3.63, 3.8) is 0 Å². The Labute approximate surface area is 142 Å². The van der Waals surface area contributed by atoms with E-state index in [9.17, 15) is 4.79 Å². The lowest BCUT2D eigenvalue weighted by molar-refractivity contribution is 0.819. The predicted octanol–water partition coefficient (Wildman–Crippen LogP) is 4.06. The second kappa shape index (κ2) is 6.02. The molecule has 0 aliphatic heterocycles. The molecule has 118 valence electrons. The summed E-state index contributed by atoms with van der Waals surface area (Å²) < 4.78 is 1.30. The average Bonchev–Trinajstić information content (AvgIpc) is 3.05. The molecule has 2 aromatic carbocycles. The molecule has 4 rings (SSSR count). The van der Waals surface area contributed by atoms with Crippen LogP contribution in [0.4, 0.5) is 0 Å². The maximum Gasteiger partial charge on any atom is 0.282 e. The van der Waals surface area contributed by atoms with Crippen molar-refractivity contribution >= 4 is 38.5 Å². The number of aryl methyl sites for hydroxylation is 1. The molecule has 0 unspecified atom stereocenters. The molecular weight excluding hydrogens is 318 g/mol. The summed E-state index contributed by atoms with van der Waals surface area (Å²) in [4.78, 5) is 18.8. The van der Waals surface area contributed by atoms with Gasteiger partial charge in [-0.25, -0.2) is 4.98 Å². The molecule has 4 nitrogen and oxygen atoms in total. The second-order valence-corrected chi connectivity index (χ2v) is 6.61. The first-order valence-electron chi connectivity index (χ1n) is 7.78. The Morgan fingerprint density at radius 1 is 1.17 bits per heavy atom. The van der Waals surface area contributed by atoms with Crippen molar-refractivity contribution < 1.29 is 0 Å². The maximum absolute atomic E-state index is 12.6. The highest BCUT2D eigenvalue weighted by Gasteiger charge is 2.07. The predicted molar refractivity (Wildman–Crippen MR) is 100 cm³/mol. The quantitative estimate of drug-likeness (QED) is 0.531. The van der Waals surface area contributed by atoms with Gasteiger partial charge in [0.2, 0.25) is 0 Å². The number of thiophene rings is 1. The molecule has 0 amide bonds. The van der Waals surface area contributed by atoms with Gasteiger partial charge < -0.3 is 0 Å². The van der Waals surface area contributed by atoms with E-state index >= 15 is 0 Å². The first kappa shape index (κ1) is 14.8. The summed E-state index contributed by atoms with van der Waals surface area (Å²) in [5, 5.41) is 7.22. The van der Waals surface area contributed by atoms with E-state index in [2.05, 4.69) is 29.1 Å². The third kappa shape index (κ3) is 2.53. The Kier molecular flexibility index (Phi) is 3.70. The van der Waals surface area contributed by atoms with Crippen molar-refractivity contribution in [1.29, 1.82) is 0 Å². The molecule has 0 N–H and O–H groups in total. The Hall–Kier alpha value is -2.79. The van der Waals surface area contributed by atoms with Crippen molar-refractivity contribution in [2.75, 3.05) is 0 Å². The van der Waals surface area contributed by atoms with Crippen molar-refractivity contribution in [2.45, 2.75) is 13.3 Å². The highest BCUT2D eigenvalue weighted by Crippen LogP contribution is 2.21. The zero-order valence-corrected chi connectivity index (χ0v) is 14.0. The highest BCUT2D eigenvalue weighted by atomic mass is 32.1. The van der Waals surface area contributed by atoms with E-state index in [1.165, 1.54) is 11.0 Å². The van der Waals surface area contributed by atoms with Crippen LogP contribution in [-0.2, 0) is 6.42 Å². The van der Waals surface area contributed by atoms with Gasteiger partial charge in [-0.05, 0) is 23.3 Å². The summed E-state index contributed by atoms with van der Waals surface area (Å²) in [7, 11) is 0. The molecule has 0 atom stereocenters. The third-order valence-electron chi connectivity index (χ3n) is 3.98. The zero-order chi connectivity index (χ0) is 16.5. The number of rotatable bonds is 3. The number of benzene rings is 2. The SMILES string of the molecule is CCc1cc2c(=O)n(/N=C\c3cccc4ccccc34)cnc2s1. The number of nitrogens with zero attached hydrogens (tertiary/aromatic N) is 3. The topological polar surface area (TPSA) is 47.2 Å². The summed E-state index contributed by atoms with van der Waals surface area (Å²) in [6, 6.07) is 16.1. The first-order valence-corrected chi connectivity index (χ1v) is 8.60. The Bertz CT molecular complexity index is 1120. The fourth-order valence-corrected chi connectivity index (χ4v) is 3.63. The molecule has 2 aromatic heterocycles. The van der Waals surface area contributed by atoms with Gasteiger partial charge in [0.15, 0.2) is 0 Å². The van der Waals surface area contributed by atoms with Gasteiger partial charge >= 0.3 is 0 Å². The van der Waals surface area contributed by atoms with Crippen LogP contribution in [0.25, 0.3) is 21.0 Å². The van der Waals surface area contributed by atoms with Gasteiger partial charge in [0.05, 0.1) is 11.6 Å². The Morgan fingerprint density at radius 3 is 2.88 bits per heavy atom. The lowest BCUT2D eigenvalue weighted by Crippen LogP contribution is -2.16. The van der Waals surface area contributed by atoms with Gasteiger partial charge in [-0.1, -0.05) is 49.4 Å². The maximum atomic E-state index is 12.6. The second-order valence-electron chi connectivity index (χ2n) is 5.49. The minimum atomic E-state index is -0.132. The lowest BCUT2D eigenvalue weighted by Gasteiger charge is -2.02. The van der Waals surface area contributed by atoms with E-state index in [0.717, 1.165) is 32.5 Å². The van der Waals surface area contributed by atoms with Crippen LogP contribution in [0.5, 0.6) is 0 Å². The van der Waals surface area contributed by atoms with Gasteiger partial charge in [0, 0.05) is 10.4 Å². The smallest absolute Gasteiger partial charge is 0.267 e. The van der Waals surface area contributed by atoms with Gasteiger partial charge in [-0.2, -0.15) is 9.78 Å². The molecular formula is C19H15N3OS. The number of fused-ring (bicyclic) bond motifs is 2. The van der Waals surface area contributed by atoms with Gasteiger partial charge in [-0.3, -0.25) is 4.79 Å². The standard InChI is InChI=1S/C19H15N3OS/c1-2-15-10-17-18(24-15)20-12-22(19(17)23)21-11-14-8-5-7-13-6-3-4-9-16(13)14/h3-12H,2H2,1H3/b21-11-. The summed E-state index contributed by atoms with van der Waals surface area (Å²) >= 11 is 1.56. The van der Waals surface area contributed by atoms with Gasteiger partial charge in [0.1, 0.15) is 11.2 Å². The van der Waals surface area contributed by atoms with Crippen LogP contribution in [0, 0.1) is 0 Å². The number of hydrogen-bond acceptors (Lipinski definition) is 4. The molecule has 0 fully saturated rings. The molecule has 24 heavy (non-hydrogen) atoms. The van der Waals surface area contributed by atoms with E-state index in [4.69, 9.17) is 0 Å². The van der Waals surface area contributed by atoms with Gasteiger partial charge in [0.25, 0.3) is 5.56 Å². The summed E-state index contributed by atoms with van der Waals surface area (Å²) in [5.41, 5.74) is 0.840. The van der Waals surface area contributed by atoms with Crippen LogP contribution in [0.15, 0.2) is 64.8 Å². The molecule has 2 heterocycles. The fourth-order valence-electron chi connectivity index (χ4n) is 2.71. The van der Waals surface area contributed by atoms with E-state index in [1.54, 1.807) is 17.6 Å². The van der Waals surface area contributed by atoms with Crippen molar-refractivity contribution in [1.82, 2.24) is 9.66 Å². The largest absolute Gasteiger partial charge is 0.282 e. The summed E-state index contributed by atoms with van der Waals surface area (Å²) in [6.07, 6.45) is 4.10. The van der Waals surface area contributed by atoms with Gasteiger partial charge in [-0.15, -0.1) is 11.3 Å². The van der Waals surface area contributed by atoms with Crippen LogP contribution in [0.2, 0.25) is 0 Å². The Morgan fingerprint density at radius 2 is 2.00 bits per heavy atom. The minimum absolute atomic E-state index is 0.132. The molecule has 4 aromatic rings. The molecule has 0 radical (unpaired) electrons. The number of hydrogen-bond donors (Lipinski definition) is 0. The van der Waals surface area contributed by atoms with E-state index < -0.39 is 0 Å². The zero-order valence-electron chi connectivity index (χ0n) is 13.1. The van der Waals surface area contributed by atoms with E-state index in [1.807, 2.05) is 36.4 Å². The molecule has 0 aliphatic carbocycles. The normalized spacial score (nSPS) is 11.7. The average molecular weight is 333 g/mol. The first-order chi connectivity index (χ1) is 11.8. The van der Waals surface area contributed by atoms with Crippen LogP contribution < -0.4 is 5.56 Å². The third-order valence-corrected chi connectivity index (χ3v) is 5.17. The molecule has 0 aliphatic rings. The summed E-state index contributed by atoms with van der Waals surface area (Å²) in [6.45, 7) is 2.07. The highest BCUT2D eigenvalue weighted by molar-refractivity contribution is 7.18. The molecule has 5 heteroatoms. The lowest BCUT2D eigenvalue weighted by atomic mass is 10.1. The number of aromatic nitrogens is 2. The van der Waals surface area contributed by atoms with Crippen LogP contribution in [-0.4, -0.2) is 15.9 Å². The van der Waals surface area contributed by atoms with Crippen LogP contribution in [0.1, 0.15) is 17.4 Å². The fraction of sp³-hybridized carbons (Fsp3) is 0.105. The summed E-state index contributed by atoms with van der Waals surface area (Å²) in [5.74, 6) is 0. The monoisotopic (exact) mass is 333 g/mol. The van der Waals surface area contributed by atoms with E-state index in [0.29, 0.717) is 5.39 Å². The van der Waals surface area contributed by atoms with E-state index in [-0.39, 0.29) is 5.56 Å². The van der Waals surface area contributed by atoms with Crippen LogP contribution >= 0.6 is 11.3 Å². The molecule has 0 bridgehead atoms. The molecule has 0 saturated heterocycles. The molecule has 0 saturated carbocycles. The molecule has 0 spiro atoms. The Balaban J connectivity index is 1.79. The van der Waals surface area contributed by atoms with Crippen molar-refractivity contribution in [3.05, 3.63) is 75.7 Å². The van der Waals surface area contributed by atoms with Crippen LogP contribution in [0.3, 0.4) is 0 Å². The van der Waals surface area contributed by atoms with Crippen molar-refractivity contribution in [2.24, 2.45) is 5.10 Å².